The number of amides is 2. The summed E-state index contributed by atoms with van der Waals surface area (Å²) < 4.78 is 22.0. The van der Waals surface area contributed by atoms with Gasteiger partial charge in [0.25, 0.3) is 11.8 Å². The molecular formula is C26H33N3O6. The number of unbranched alkanes of at least 4 members (excludes halogenated alkanes) is 2. The number of nitrogens with one attached hydrogen (secondary N) is 2. The van der Waals surface area contributed by atoms with E-state index in [0.717, 1.165) is 19.3 Å². The Labute approximate surface area is 205 Å². The Hall–Kier alpha value is -3.75. The van der Waals surface area contributed by atoms with E-state index < -0.39 is 17.9 Å². The summed E-state index contributed by atoms with van der Waals surface area (Å²) >= 11 is 0. The molecule has 0 aromatic heterocycles. The summed E-state index contributed by atoms with van der Waals surface area (Å²) in [5, 5.41) is 6.88. The lowest BCUT2D eigenvalue weighted by molar-refractivity contribution is -0.123. The van der Waals surface area contributed by atoms with Gasteiger partial charge < -0.3 is 24.3 Å². The van der Waals surface area contributed by atoms with E-state index in [0.29, 0.717) is 40.7 Å². The van der Waals surface area contributed by atoms with Gasteiger partial charge in [-0.25, -0.2) is 5.43 Å². The van der Waals surface area contributed by atoms with Crippen molar-refractivity contribution in [1.29, 1.82) is 0 Å². The zero-order chi connectivity index (χ0) is 25.2. The number of rotatable bonds is 12. The molecule has 3 rings (SSSR count). The van der Waals surface area contributed by atoms with Crippen LogP contribution >= 0.6 is 0 Å². The van der Waals surface area contributed by atoms with Crippen LogP contribution in [0.1, 0.15) is 56.0 Å². The van der Waals surface area contributed by atoms with Crippen LogP contribution in [0.15, 0.2) is 41.5 Å². The number of methoxy groups -OCH3 is 1. The lowest BCUT2D eigenvalue weighted by Crippen LogP contribution is -2.48. The number of carbonyl (C=O) groups excluding carboxylic acids is 2. The summed E-state index contributed by atoms with van der Waals surface area (Å²) in [6.45, 7) is 6.50. The van der Waals surface area contributed by atoms with Crippen molar-refractivity contribution < 1.29 is 28.5 Å². The predicted octanol–water partition coefficient (Wildman–Crippen LogP) is 3.90. The number of carbonyl (C=O) groups is 2. The maximum absolute atomic E-state index is 12.8. The van der Waals surface area contributed by atoms with Crippen molar-refractivity contribution in [2.45, 2.75) is 46.1 Å². The number of nitrogens with zero attached hydrogens (tertiary/aromatic N) is 1. The summed E-state index contributed by atoms with van der Waals surface area (Å²) in [5.41, 5.74) is 3.57. The molecular weight excluding hydrogens is 450 g/mol. The van der Waals surface area contributed by atoms with Gasteiger partial charge >= 0.3 is 0 Å². The molecule has 2 amide bonds. The van der Waals surface area contributed by atoms with E-state index in [4.69, 9.17) is 18.9 Å². The molecule has 1 atom stereocenters. The molecule has 1 unspecified atom stereocenters. The van der Waals surface area contributed by atoms with Crippen molar-refractivity contribution in [2.24, 2.45) is 11.0 Å². The molecule has 2 N–H and O–H groups in total. The van der Waals surface area contributed by atoms with Crippen molar-refractivity contribution in [3.8, 4) is 23.0 Å². The number of fused-ring (bicyclic) bond motifs is 1. The quantitative estimate of drug-likeness (QED) is 0.269. The molecule has 0 aliphatic carbocycles. The van der Waals surface area contributed by atoms with Gasteiger partial charge in [-0.15, -0.1) is 0 Å². The zero-order valence-electron chi connectivity index (χ0n) is 20.6. The lowest BCUT2D eigenvalue weighted by Gasteiger charge is -2.20. The number of ether oxygens (including phenoxy) is 4. The fourth-order valence-corrected chi connectivity index (χ4v) is 3.51. The molecule has 0 spiro atoms. The second-order valence-electron chi connectivity index (χ2n) is 8.43. The summed E-state index contributed by atoms with van der Waals surface area (Å²) in [5.74, 6) is 1.25. The smallest absolute Gasteiger partial charge is 0.262 e. The SMILES string of the molecule is CCCCCOc1c(/C=N/NC(=O)C(NC(=O)c2ccc3c(c2)OCO3)C(C)C)cccc1OC. The monoisotopic (exact) mass is 483 g/mol. The Balaban J connectivity index is 1.65. The molecule has 0 radical (unpaired) electrons. The second kappa shape index (κ2) is 12.6. The number of hydrogen-bond acceptors (Lipinski definition) is 7. The average molecular weight is 484 g/mol. The third kappa shape index (κ3) is 6.88. The second-order valence-corrected chi connectivity index (χ2v) is 8.43. The van der Waals surface area contributed by atoms with Gasteiger partial charge in [0.1, 0.15) is 6.04 Å². The van der Waals surface area contributed by atoms with Gasteiger partial charge in [-0.1, -0.05) is 39.7 Å². The molecule has 0 saturated carbocycles. The van der Waals surface area contributed by atoms with Gasteiger partial charge in [-0.05, 0) is 42.7 Å². The molecule has 1 aliphatic heterocycles. The highest BCUT2D eigenvalue weighted by molar-refractivity contribution is 5.98. The molecule has 9 nitrogen and oxygen atoms in total. The molecule has 188 valence electrons. The first-order valence-corrected chi connectivity index (χ1v) is 11.8. The Morgan fingerprint density at radius 3 is 2.69 bits per heavy atom. The number of hydrogen-bond donors (Lipinski definition) is 2. The molecule has 9 heteroatoms. The first-order chi connectivity index (χ1) is 16.9. The summed E-state index contributed by atoms with van der Waals surface area (Å²) in [4.78, 5) is 25.6. The topological polar surface area (TPSA) is 107 Å². The fourth-order valence-electron chi connectivity index (χ4n) is 3.51. The molecule has 2 aromatic carbocycles. The Morgan fingerprint density at radius 1 is 1.14 bits per heavy atom. The van der Waals surface area contributed by atoms with Crippen LogP contribution < -0.4 is 29.7 Å². The standard InChI is InChI=1S/C26H33N3O6/c1-5-6-7-13-33-24-19(9-8-10-21(24)32-4)15-27-29-26(31)23(17(2)3)28-25(30)18-11-12-20-22(14-18)35-16-34-20/h8-12,14-15,17,23H,5-7,13,16H2,1-4H3,(H,28,30)(H,29,31)/b27-15+. The molecule has 1 heterocycles. The van der Waals surface area contributed by atoms with Crippen molar-refractivity contribution in [1.82, 2.24) is 10.7 Å². The Kier molecular flexibility index (Phi) is 9.34. The third-order valence-corrected chi connectivity index (χ3v) is 5.47. The number of benzene rings is 2. The third-order valence-electron chi connectivity index (χ3n) is 5.47. The normalized spacial score (nSPS) is 13.1. The maximum atomic E-state index is 12.8. The van der Waals surface area contributed by atoms with Crippen LogP contribution in [-0.4, -0.2) is 44.6 Å². The Morgan fingerprint density at radius 2 is 1.94 bits per heavy atom. The fraction of sp³-hybridized carbons (Fsp3) is 0.423. The van der Waals surface area contributed by atoms with Crippen LogP contribution in [0.4, 0.5) is 0 Å². The summed E-state index contributed by atoms with van der Waals surface area (Å²) in [6, 6.07) is 9.56. The zero-order valence-corrected chi connectivity index (χ0v) is 20.6. The first kappa shape index (κ1) is 25.9. The van der Waals surface area contributed by atoms with E-state index in [1.807, 2.05) is 32.0 Å². The van der Waals surface area contributed by atoms with Crippen molar-refractivity contribution >= 4 is 18.0 Å². The predicted molar refractivity (Wildman–Crippen MR) is 132 cm³/mol. The van der Waals surface area contributed by atoms with E-state index in [2.05, 4.69) is 22.8 Å². The highest BCUT2D eigenvalue weighted by Gasteiger charge is 2.25. The molecule has 0 bridgehead atoms. The molecule has 0 saturated heterocycles. The minimum atomic E-state index is -0.792. The van der Waals surface area contributed by atoms with Gasteiger partial charge in [0.2, 0.25) is 6.79 Å². The highest BCUT2D eigenvalue weighted by atomic mass is 16.7. The van der Waals surface area contributed by atoms with Crippen LogP contribution in [-0.2, 0) is 4.79 Å². The van der Waals surface area contributed by atoms with Gasteiger partial charge in [0, 0.05) is 11.1 Å². The van der Waals surface area contributed by atoms with E-state index >= 15 is 0 Å². The van der Waals surface area contributed by atoms with Crippen molar-refractivity contribution in [2.75, 3.05) is 20.5 Å². The van der Waals surface area contributed by atoms with Crippen LogP contribution in [0.5, 0.6) is 23.0 Å². The van der Waals surface area contributed by atoms with Crippen molar-refractivity contribution in [3.63, 3.8) is 0 Å². The van der Waals surface area contributed by atoms with Crippen molar-refractivity contribution in [3.05, 3.63) is 47.5 Å². The first-order valence-electron chi connectivity index (χ1n) is 11.8. The van der Waals surface area contributed by atoms with E-state index in [1.54, 1.807) is 25.3 Å². The maximum Gasteiger partial charge on any atom is 0.262 e. The molecule has 35 heavy (non-hydrogen) atoms. The summed E-state index contributed by atoms with van der Waals surface area (Å²) in [7, 11) is 1.58. The lowest BCUT2D eigenvalue weighted by atomic mass is 10.0. The van der Waals surface area contributed by atoms with Crippen LogP contribution in [0.2, 0.25) is 0 Å². The minimum absolute atomic E-state index is 0.119. The van der Waals surface area contributed by atoms with Gasteiger partial charge in [0.05, 0.1) is 19.9 Å². The highest BCUT2D eigenvalue weighted by Crippen LogP contribution is 2.32. The van der Waals surface area contributed by atoms with Crippen LogP contribution in [0.25, 0.3) is 0 Å². The molecule has 0 fully saturated rings. The average Bonchev–Trinajstić information content (AvgIpc) is 3.33. The van der Waals surface area contributed by atoms with E-state index in [-0.39, 0.29) is 12.7 Å². The molecule has 2 aromatic rings. The van der Waals surface area contributed by atoms with Crippen LogP contribution in [0.3, 0.4) is 0 Å². The number of hydrazone groups is 1. The number of para-hydroxylation sites is 1. The minimum Gasteiger partial charge on any atom is -0.493 e. The van der Waals surface area contributed by atoms with Gasteiger partial charge in [-0.2, -0.15) is 5.10 Å². The molecule has 1 aliphatic rings. The summed E-state index contributed by atoms with van der Waals surface area (Å²) in [6.07, 6.45) is 4.61. The largest absolute Gasteiger partial charge is 0.493 e. The van der Waals surface area contributed by atoms with Gasteiger partial charge in [0.15, 0.2) is 23.0 Å². The van der Waals surface area contributed by atoms with Crippen LogP contribution in [0, 0.1) is 5.92 Å². The van der Waals surface area contributed by atoms with E-state index in [1.165, 1.54) is 6.21 Å². The Bertz CT molecular complexity index is 1050. The van der Waals surface area contributed by atoms with Gasteiger partial charge in [-0.3, -0.25) is 9.59 Å². The van der Waals surface area contributed by atoms with E-state index in [9.17, 15) is 9.59 Å².